The zero-order valence-electron chi connectivity index (χ0n) is 12.7. The smallest absolute Gasteiger partial charge is 0.225 e. The number of aryl methyl sites for hydroxylation is 1. The molecule has 1 amide bonds. The molecular formula is C18H21BrN2O. The lowest BCUT2D eigenvalue weighted by Gasteiger charge is -2.09. The standard InChI is InChI=1S/C18H21BrN2O/c1-14-7-8-17(16(19)13-14)21-18(22)10-12-20-11-9-15-5-3-2-4-6-15/h2-8,13,20H,9-12H2,1H3,(H,21,22). The van der Waals surface area contributed by atoms with Crippen LogP contribution in [0.2, 0.25) is 0 Å². The van der Waals surface area contributed by atoms with E-state index < -0.39 is 0 Å². The Balaban J connectivity index is 1.65. The third kappa shape index (κ3) is 5.62. The molecule has 0 heterocycles. The number of anilines is 1. The fourth-order valence-electron chi connectivity index (χ4n) is 2.14. The molecule has 2 aromatic carbocycles. The number of carbonyl (C=O) groups excluding carboxylic acids is 1. The molecule has 3 nitrogen and oxygen atoms in total. The van der Waals surface area contributed by atoms with E-state index in [2.05, 4.69) is 38.7 Å². The van der Waals surface area contributed by atoms with Crippen LogP contribution < -0.4 is 10.6 Å². The second-order valence-corrected chi connectivity index (χ2v) is 6.12. The van der Waals surface area contributed by atoms with Gasteiger partial charge in [-0.1, -0.05) is 36.4 Å². The molecule has 0 unspecified atom stereocenters. The molecule has 0 saturated carbocycles. The van der Waals surface area contributed by atoms with Crippen molar-refractivity contribution in [1.29, 1.82) is 0 Å². The summed E-state index contributed by atoms with van der Waals surface area (Å²) in [6.45, 7) is 3.58. The van der Waals surface area contributed by atoms with Gasteiger partial charge >= 0.3 is 0 Å². The zero-order valence-corrected chi connectivity index (χ0v) is 14.3. The van der Waals surface area contributed by atoms with Gasteiger partial charge in [0.05, 0.1) is 5.69 Å². The maximum absolute atomic E-state index is 11.9. The second kappa shape index (κ2) is 8.71. The van der Waals surface area contributed by atoms with E-state index in [-0.39, 0.29) is 5.91 Å². The lowest BCUT2D eigenvalue weighted by molar-refractivity contribution is -0.116. The van der Waals surface area contributed by atoms with Crippen LogP contribution in [0.4, 0.5) is 5.69 Å². The van der Waals surface area contributed by atoms with E-state index in [4.69, 9.17) is 0 Å². The van der Waals surface area contributed by atoms with Crippen LogP contribution in [0.3, 0.4) is 0 Å². The van der Waals surface area contributed by atoms with Gasteiger partial charge in [0.2, 0.25) is 5.91 Å². The molecule has 0 aliphatic carbocycles. The number of amides is 1. The number of nitrogens with one attached hydrogen (secondary N) is 2. The van der Waals surface area contributed by atoms with Gasteiger partial charge in [-0.3, -0.25) is 4.79 Å². The number of halogens is 1. The van der Waals surface area contributed by atoms with E-state index in [0.29, 0.717) is 13.0 Å². The van der Waals surface area contributed by atoms with Crippen molar-refractivity contribution in [3.63, 3.8) is 0 Å². The number of hydrogen-bond donors (Lipinski definition) is 2. The van der Waals surface area contributed by atoms with Crippen molar-refractivity contribution in [3.05, 3.63) is 64.1 Å². The molecule has 4 heteroatoms. The third-order valence-electron chi connectivity index (χ3n) is 3.36. The first kappa shape index (κ1) is 16.7. The Morgan fingerprint density at radius 1 is 1.09 bits per heavy atom. The van der Waals surface area contributed by atoms with E-state index in [1.54, 1.807) is 0 Å². The maximum Gasteiger partial charge on any atom is 0.225 e. The monoisotopic (exact) mass is 360 g/mol. The maximum atomic E-state index is 11.9. The van der Waals surface area contributed by atoms with Gasteiger partial charge in [0.25, 0.3) is 0 Å². The Kier molecular flexibility index (Phi) is 6.62. The van der Waals surface area contributed by atoms with E-state index in [1.807, 2.05) is 43.3 Å². The van der Waals surface area contributed by atoms with Gasteiger partial charge in [-0.15, -0.1) is 0 Å². The summed E-state index contributed by atoms with van der Waals surface area (Å²) in [5, 5.41) is 6.22. The van der Waals surface area contributed by atoms with Crippen LogP contribution in [-0.4, -0.2) is 19.0 Å². The molecule has 0 fully saturated rings. The molecule has 116 valence electrons. The van der Waals surface area contributed by atoms with E-state index >= 15 is 0 Å². The van der Waals surface area contributed by atoms with Crippen LogP contribution in [0.25, 0.3) is 0 Å². The fraction of sp³-hybridized carbons (Fsp3) is 0.278. The van der Waals surface area contributed by atoms with Crippen LogP contribution in [0.15, 0.2) is 53.0 Å². The minimum absolute atomic E-state index is 0.0248. The normalized spacial score (nSPS) is 10.5. The summed E-state index contributed by atoms with van der Waals surface area (Å²) >= 11 is 3.46. The molecule has 0 aliphatic rings. The Morgan fingerprint density at radius 2 is 1.86 bits per heavy atom. The van der Waals surface area contributed by atoms with Crippen LogP contribution >= 0.6 is 15.9 Å². The van der Waals surface area contributed by atoms with Gasteiger partial charge in [0, 0.05) is 17.4 Å². The second-order valence-electron chi connectivity index (χ2n) is 5.27. The van der Waals surface area contributed by atoms with Crippen LogP contribution in [0, 0.1) is 6.92 Å². The van der Waals surface area contributed by atoms with Gasteiger partial charge in [0.15, 0.2) is 0 Å². The van der Waals surface area contributed by atoms with Crippen molar-refractivity contribution in [3.8, 4) is 0 Å². The topological polar surface area (TPSA) is 41.1 Å². The minimum Gasteiger partial charge on any atom is -0.325 e. The molecule has 0 saturated heterocycles. The molecular weight excluding hydrogens is 340 g/mol. The van der Waals surface area contributed by atoms with Gasteiger partial charge in [-0.2, -0.15) is 0 Å². The third-order valence-corrected chi connectivity index (χ3v) is 4.02. The number of rotatable bonds is 7. The largest absolute Gasteiger partial charge is 0.325 e. The molecule has 0 spiro atoms. The van der Waals surface area contributed by atoms with Crippen LogP contribution in [-0.2, 0) is 11.2 Å². The van der Waals surface area contributed by atoms with Crippen molar-refractivity contribution in [2.24, 2.45) is 0 Å². The highest BCUT2D eigenvalue weighted by molar-refractivity contribution is 9.10. The summed E-state index contributed by atoms with van der Waals surface area (Å²) in [5.41, 5.74) is 3.29. The molecule has 22 heavy (non-hydrogen) atoms. The highest BCUT2D eigenvalue weighted by Crippen LogP contribution is 2.23. The molecule has 0 radical (unpaired) electrons. The van der Waals surface area contributed by atoms with E-state index in [9.17, 15) is 4.79 Å². The number of benzene rings is 2. The van der Waals surface area contributed by atoms with Gasteiger partial charge in [-0.05, 0) is 59.1 Å². The van der Waals surface area contributed by atoms with Crippen molar-refractivity contribution in [2.75, 3.05) is 18.4 Å². The van der Waals surface area contributed by atoms with Crippen LogP contribution in [0.5, 0.6) is 0 Å². The molecule has 0 atom stereocenters. The van der Waals surface area contributed by atoms with Crippen LogP contribution in [0.1, 0.15) is 17.5 Å². The average Bonchev–Trinajstić information content (AvgIpc) is 2.51. The summed E-state index contributed by atoms with van der Waals surface area (Å²) in [5.74, 6) is 0.0248. The summed E-state index contributed by atoms with van der Waals surface area (Å²) < 4.78 is 0.915. The molecule has 2 rings (SSSR count). The zero-order chi connectivity index (χ0) is 15.8. The quantitative estimate of drug-likeness (QED) is 0.734. The highest BCUT2D eigenvalue weighted by atomic mass is 79.9. The lowest BCUT2D eigenvalue weighted by Crippen LogP contribution is -2.23. The SMILES string of the molecule is Cc1ccc(NC(=O)CCNCCc2ccccc2)c(Br)c1. The van der Waals surface area contributed by atoms with E-state index in [0.717, 1.165) is 28.7 Å². The fourth-order valence-corrected chi connectivity index (χ4v) is 2.73. The van der Waals surface area contributed by atoms with Gasteiger partial charge < -0.3 is 10.6 Å². The first-order valence-corrected chi connectivity index (χ1v) is 8.25. The average molecular weight is 361 g/mol. The highest BCUT2D eigenvalue weighted by Gasteiger charge is 2.05. The summed E-state index contributed by atoms with van der Waals surface area (Å²) in [7, 11) is 0. The first-order valence-electron chi connectivity index (χ1n) is 7.46. The molecule has 0 aliphatic heterocycles. The number of hydrogen-bond acceptors (Lipinski definition) is 2. The molecule has 0 aromatic heterocycles. The Hall–Kier alpha value is -1.65. The summed E-state index contributed by atoms with van der Waals surface area (Å²) in [6, 6.07) is 16.2. The van der Waals surface area contributed by atoms with Gasteiger partial charge in [0.1, 0.15) is 0 Å². The summed E-state index contributed by atoms with van der Waals surface area (Å²) in [6.07, 6.45) is 1.45. The first-order chi connectivity index (χ1) is 10.6. The molecule has 2 aromatic rings. The van der Waals surface area contributed by atoms with Crippen molar-refractivity contribution in [2.45, 2.75) is 19.8 Å². The van der Waals surface area contributed by atoms with Crippen molar-refractivity contribution >= 4 is 27.5 Å². The number of carbonyl (C=O) groups is 1. The predicted molar refractivity (Wildman–Crippen MR) is 95.1 cm³/mol. The Bertz CT molecular complexity index is 614. The van der Waals surface area contributed by atoms with E-state index in [1.165, 1.54) is 5.56 Å². The predicted octanol–water partition coefficient (Wildman–Crippen LogP) is 3.92. The lowest BCUT2D eigenvalue weighted by atomic mass is 10.1. The van der Waals surface area contributed by atoms with Gasteiger partial charge in [-0.25, -0.2) is 0 Å². The molecule has 2 N–H and O–H groups in total. The minimum atomic E-state index is 0.0248. The van der Waals surface area contributed by atoms with Crippen molar-refractivity contribution < 1.29 is 4.79 Å². The van der Waals surface area contributed by atoms with Crippen molar-refractivity contribution in [1.82, 2.24) is 5.32 Å². The molecule has 0 bridgehead atoms. The Labute approximate surface area is 140 Å². The Morgan fingerprint density at radius 3 is 2.59 bits per heavy atom. The summed E-state index contributed by atoms with van der Waals surface area (Å²) in [4.78, 5) is 11.9.